The summed E-state index contributed by atoms with van der Waals surface area (Å²) in [5, 5.41) is 14.0. The maximum absolute atomic E-state index is 9.48. The number of phenolic OH excluding ortho intramolecular Hbond substituents is 1. The van der Waals surface area contributed by atoms with Crippen molar-refractivity contribution in [3.63, 3.8) is 0 Å². The number of thiophene rings is 1. The highest BCUT2D eigenvalue weighted by molar-refractivity contribution is 7.22. The summed E-state index contributed by atoms with van der Waals surface area (Å²) in [6, 6.07) is 17.5. The highest BCUT2D eigenvalue weighted by Crippen LogP contribution is 2.37. The molecule has 0 saturated carbocycles. The van der Waals surface area contributed by atoms with E-state index >= 15 is 0 Å². The molecule has 3 N–H and O–H groups in total. The van der Waals surface area contributed by atoms with Crippen molar-refractivity contribution in [2.75, 3.05) is 5.32 Å². The maximum atomic E-state index is 9.48. The van der Waals surface area contributed by atoms with Gasteiger partial charge in [0, 0.05) is 27.7 Å². The van der Waals surface area contributed by atoms with Crippen LogP contribution in [0.5, 0.6) is 5.75 Å². The van der Waals surface area contributed by atoms with Gasteiger partial charge in [0.15, 0.2) is 5.82 Å². The van der Waals surface area contributed by atoms with E-state index in [9.17, 15) is 5.11 Å². The monoisotopic (exact) mass is 358 g/mol. The Morgan fingerprint density at radius 2 is 1.85 bits per heavy atom. The molecule has 26 heavy (non-hydrogen) atoms. The lowest BCUT2D eigenvalue weighted by molar-refractivity contribution is 0.475. The summed E-state index contributed by atoms with van der Waals surface area (Å²) in [5.41, 5.74) is 4.04. The molecule has 5 rings (SSSR count). The van der Waals surface area contributed by atoms with Crippen molar-refractivity contribution in [3.8, 4) is 16.2 Å². The number of rotatable bonds is 3. The second-order valence-corrected chi connectivity index (χ2v) is 7.05. The number of nitrogens with one attached hydrogen (secondary N) is 2. The molecule has 0 spiro atoms. The van der Waals surface area contributed by atoms with Crippen LogP contribution in [0.4, 0.5) is 11.5 Å². The standard InChI is InChI=1S/C20H14N4OS/c25-15-4-1-12(2-5-15)18-10-17-19(26-18)20(23-11-22-17)24-14-3-6-16-13(9-14)7-8-21-16/h1-11,21,25H,(H,22,23,24). The minimum atomic E-state index is 0.261. The summed E-state index contributed by atoms with van der Waals surface area (Å²) in [7, 11) is 0. The maximum Gasteiger partial charge on any atom is 0.151 e. The Morgan fingerprint density at radius 1 is 0.962 bits per heavy atom. The summed E-state index contributed by atoms with van der Waals surface area (Å²) in [4.78, 5) is 13.1. The van der Waals surface area contributed by atoms with Gasteiger partial charge < -0.3 is 15.4 Å². The Bertz CT molecular complexity index is 1220. The number of aromatic nitrogens is 3. The van der Waals surface area contributed by atoms with Crippen molar-refractivity contribution in [3.05, 3.63) is 67.1 Å². The molecule has 6 heteroatoms. The number of phenols is 1. The van der Waals surface area contributed by atoms with Gasteiger partial charge in [0.05, 0.1) is 10.2 Å². The molecule has 5 nitrogen and oxygen atoms in total. The number of benzene rings is 2. The van der Waals surface area contributed by atoms with Crippen LogP contribution in [0.1, 0.15) is 0 Å². The third kappa shape index (κ3) is 2.57. The minimum absolute atomic E-state index is 0.261. The number of aromatic amines is 1. The Balaban J connectivity index is 1.56. The molecule has 0 aliphatic carbocycles. The number of anilines is 2. The van der Waals surface area contributed by atoms with Gasteiger partial charge in [-0.2, -0.15) is 0 Å². The van der Waals surface area contributed by atoms with E-state index in [1.165, 1.54) is 0 Å². The quantitative estimate of drug-likeness (QED) is 0.410. The molecular formula is C20H14N4OS. The fourth-order valence-electron chi connectivity index (χ4n) is 2.98. The van der Waals surface area contributed by atoms with Gasteiger partial charge in [-0.1, -0.05) is 0 Å². The molecule has 0 aliphatic heterocycles. The van der Waals surface area contributed by atoms with Gasteiger partial charge in [0.2, 0.25) is 0 Å². The van der Waals surface area contributed by atoms with Gasteiger partial charge in [-0.3, -0.25) is 0 Å². The van der Waals surface area contributed by atoms with Gasteiger partial charge in [0.1, 0.15) is 12.1 Å². The number of fused-ring (bicyclic) bond motifs is 2. The lowest BCUT2D eigenvalue weighted by atomic mass is 10.2. The molecule has 5 aromatic rings. The third-order valence-electron chi connectivity index (χ3n) is 4.28. The summed E-state index contributed by atoms with van der Waals surface area (Å²) in [6.45, 7) is 0. The van der Waals surface area contributed by atoms with Crippen LogP contribution in [0.25, 0.3) is 31.6 Å². The largest absolute Gasteiger partial charge is 0.508 e. The minimum Gasteiger partial charge on any atom is -0.508 e. The van der Waals surface area contributed by atoms with E-state index in [0.29, 0.717) is 0 Å². The number of hydrogen-bond donors (Lipinski definition) is 3. The predicted molar refractivity (Wildman–Crippen MR) is 106 cm³/mol. The lowest BCUT2D eigenvalue weighted by Gasteiger charge is -2.06. The van der Waals surface area contributed by atoms with E-state index in [-0.39, 0.29) is 5.75 Å². The van der Waals surface area contributed by atoms with Crippen LogP contribution >= 0.6 is 11.3 Å². The molecule has 0 bridgehead atoms. The second kappa shape index (κ2) is 5.86. The van der Waals surface area contributed by atoms with Crippen molar-refractivity contribution in [2.24, 2.45) is 0 Å². The number of hydrogen-bond acceptors (Lipinski definition) is 5. The fraction of sp³-hybridized carbons (Fsp3) is 0. The van der Waals surface area contributed by atoms with Crippen LogP contribution in [-0.4, -0.2) is 20.1 Å². The summed E-state index contributed by atoms with van der Waals surface area (Å²) in [5.74, 6) is 1.05. The van der Waals surface area contributed by atoms with E-state index in [1.807, 2.05) is 36.5 Å². The van der Waals surface area contributed by atoms with Crippen LogP contribution < -0.4 is 5.32 Å². The zero-order valence-corrected chi connectivity index (χ0v) is 14.4. The Morgan fingerprint density at radius 3 is 2.73 bits per heavy atom. The molecule has 3 heterocycles. The van der Waals surface area contributed by atoms with E-state index in [1.54, 1.807) is 29.8 Å². The van der Waals surface area contributed by atoms with Gasteiger partial charge in [-0.15, -0.1) is 11.3 Å². The van der Waals surface area contributed by atoms with Gasteiger partial charge >= 0.3 is 0 Å². The Kier molecular flexibility index (Phi) is 3.36. The van der Waals surface area contributed by atoms with Gasteiger partial charge in [-0.05, 0) is 60.2 Å². The molecule has 0 saturated heterocycles. The molecular weight excluding hydrogens is 344 g/mol. The van der Waals surface area contributed by atoms with E-state index in [2.05, 4.69) is 32.4 Å². The number of H-pyrrole nitrogens is 1. The molecule has 0 aliphatic rings. The van der Waals surface area contributed by atoms with Crippen LogP contribution in [0, 0.1) is 0 Å². The molecule has 0 unspecified atom stereocenters. The number of nitrogens with zero attached hydrogens (tertiary/aromatic N) is 2. The molecule has 0 amide bonds. The zero-order chi connectivity index (χ0) is 17.5. The van der Waals surface area contributed by atoms with E-state index in [0.717, 1.165) is 43.1 Å². The van der Waals surface area contributed by atoms with Crippen molar-refractivity contribution < 1.29 is 5.11 Å². The first-order valence-corrected chi connectivity index (χ1v) is 8.96. The Labute approximate surface area is 153 Å². The predicted octanol–water partition coefficient (Wildman–Crippen LogP) is 5.29. The van der Waals surface area contributed by atoms with E-state index < -0.39 is 0 Å². The van der Waals surface area contributed by atoms with Crippen LogP contribution in [-0.2, 0) is 0 Å². The van der Waals surface area contributed by atoms with Gasteiger partial charge in [0.25, 0.3) is 0 Å². The SMILES string of the molecule is Oc1ccc(-c2cc3ncnc(Nc4ccc5[nH]ccc5c4)c3s2)cc1. The first-order chi connectivity index (χ1) is 12.8. The summed E-state index contributed by atoms with van der Waals surface area (Å²) >= 11 is 1.63. The highest BCUT2D eigenvalue weighted by Gasteiger charge is 2.11. The van der Waals surface area contributed by atoms with Crippen LogP contribution in [0.2, 0.25) is 0 Å². The lowest BCUT2D eigenvalue weighted by Crippen LogP contribution is -1.94. The zero-order valence-electron chi connectivity index (χ0n) is 13.6. The molecule has 0 atom stereocenters. The first kappa shape index (κ1) is 14.9. The molecule has 126 valence electrons. The Hall–Kier alpha value is -3.38. The van der Waals surface area contributed by atoms with Crippen LogP contribution in [0.3, 0.4) is 0 Å². The summed E-state index contributed by atoms with van der Waals surface area (Å²) in [6.07, 6.45) is 3.51. The third-order valence-corrected chi connectivity index (χ3v) is 5.46. The van der Waals surface area contributed by atoms with Gasteiger partial charge in [-0.25, -0.2) is 9.97 Å². The second-order valence-electron chi connectivity index (χ2n) is 6.00. The average Bonchev–Trinajstić information content (AvgIpc) is 3.29. The van der Waals surface area contributed by atoms with Crippen LogP contribution in [0.15, 0.2) is 67.1 Å². The fourth-order valence-corrected chi connectivity index (χ4v) is 4.04. The molecule has 2 aromatic carbocycles. The van der Waals surface area contributed by atoms with E-state index in [4.69, 9.17) is 0 Å². The molecule has 0 radical (unpaired) electrons. The summed E-state index contributed by atoms with van der Waals surface area (Å²) < 4.78 is 1.00. The van der Waals surface area contributed by atoms with Crippen molar-refractivity contribution >= 4 is 44.0 Å². The number of aromatic hydroxyl groups is 1. The average molecular weight is 358 g/mol. The van der Waals surface area contributed by atoms with Crippen molar-refractivity contribution in [1.82, 2.24) is 15.0 Å². The smallest absolute Gasteiger partial charge is 0.151 e. The van der Waals surface area contributed by atoms with Crippen molar-refractivity contribution in [1.29, 1.82) is 0 Å². The molecule has 3 aromatic heterocycles. The topological polar surface area (TPSA) is 73.8 Å². The molecule has 0 fully saturated rings. The first-order valence-electron chi connectivity index (χ1n) is 8.14. The van der Waals surface area contributed by atoms with Crippen molar-refractivity contribution in [2.45, 2.75) is 0 Å². The normalized spacial score (nSPS) is 11.2. The highest BCUT2D eigenvalue weighted by atomic mass is 32.1.